The highest BCUT2D eigenvalue weighted by Crippen LogP contribution is 2.42. The Hall–Kier alpha value is -1.15. The van der Waals surface area contributed by atoms with Gasteiger partial charge in [0, 0.05) is 18.1 Å². The van der Waals surface area contributed by atoms with Gasteiger partial charge >= 0.3 is 0 Å². The molecule has 1 saturated heterocycles. The molecule has 1 saturated carbocycles. The minimum Gasteiger partial charge on any atom is -0.375 e. The van der Waals surface area contributed by atoms with Crippen LogP contribution in [-0.2, 0) is 4.74 Å². The van der Waals surface area contributed by atoms with Crippen molar-refractivity contribution in [1.29, 1.82) is 0 Å². The van der Waals surface area contributed by atoms with E-state index in [9.17, 15) is 4.79 Å². The predicted octanol–water partition coefficient (Wildman–Crippen LogP) is 4.23. The summed E-state index contributed by atoms with van der Waals surface area (Å²) in [7, 11) is 0. The van der Waals surface area contributed by atoms with E-state index in [2.05, 4.69) is 25.1 Å². The summed E-state index contributed by atoms with van der Waals surface area (Å²) in [5.41, 5.74) is 3.22. The van der Waals surface area contributed by atoms with Crippen molar-refractivity contribution in [2.75, 3.05) is 6.61 Å². The Kier molecular flexibility index (Phi) is 3.68. The van der Waals surface area contributed by atoms with Crippen LogP contribution in [0.4, 0.5) is 0 Å². The SMILES string of the molecule is Cc1ccc(C)c(C(=O)C2CCOC3(CCCC3)C2)c1. The van der Waals surface area contributed by atoms with Crippen LogP contribution < -0.4 is 0 Å². The Morgan fingerprint density at radius 1 is 1.25 bits per heavy atom. The minimum atomic E-state index is 0.0241. The number of hydrogen-bond donors (Lipinski definition) is 0. The van der Waals surface area contributed by atoms with E-state index in [1.54, 1.807) is 0 Å². The van der Waals surface area contributed by atoms with Crippen LogP contribution in [0.5, 0.6) is 0 Å². The number of benzene rings is 1. The van der Waals surface area contributed by atoms with Crippen LogP contribution >= 0.6 is 0 Å². The first kappa shape index (κ1) is 13.8. The predicted molar refractivity (Wildman–Crippen MR) is 80.1 cm³/mol. The van der Waals surface area contributed by atoms with E-state index in [1.165, 1.54) is 18.4 Å². The summed E-state index contributed by atoms with van der Waals surface area (Å²) in [5.74, 6) is 0.489. The molecule has 0 bridgehead atoms. The molecule has 20 heavy (non-hydrogen) atoms. The fraction of sp³-hybridized carbons (Fsp3) is 0.611. The Morgan fingerprint density at radius 2 is 2.00 bits per heavy atom. The third kappa shape index (κ3) is 2.54. The first-order valence-electron chi connectivity index (χ1n) is 7.85. The van der Waals surface area contributed by atoms with Crippen molar-refractivity contribution in [3.8, 4) is 0 Å². The van der Waals surface area contributed by atoms with Crippen molar-refractivity contribution in [3.05, 3.63) is 34.9 Å². The lowest BCUT2D eigenvalue weighted by molar-refractivity contribution is -0.0866. The van der Waals surface area contributed by atoms with Gasteiger partial charge in [0.25, 0.3) is 0 Å². The quantitative estimate of drug-likeness (QED) is 0.753. The van der Waals surface area contributed by atoms with Crippen molar-refractivity contribution in [3.63, 3.8) is 0 Å². The maximum absolute atomic E-state index is 12.9. The smallest absolute Gasteiger partial charge is 0.166 e. The number of ketones is 1. The number of carbonyl (C=O) groups is 1. The van der Waals surface area contributed by atoms with Gasteiger partial charge in [-0.15, -0.1) is 0 Å². The van der Waals surface area contributed by atoms with Gasteiger partial charge < -0.3 is 4.74 Å². The Morgan fingerprint density at radius 3 is 2.75 bits per heavy atom. The van der Waals surface area contributed by atoms with E-state index in [-0.39, 0.29) is 11.5 Å². The van der Waals surface area contributed by atoms with Gasteiger partial charge in [0.2, 0.25) is 0 Å². The lowest BCUT2D eigenvalue weighted by Gasteiger charge is -2.37. The van der Waals surface area contributed by atoms with Gasteiger partial charge in [0.05, 0.1) is 5.60 Å². The molecule has 0 amide bonds. The molecule has 1 spiro atoms. The molecule has 2 aliphatic rings. The fourth-order valence-electron chi connectivity index (χ4n) is 3.84. The van der Waals surface area contributed by atoms with Crippen LogP contribution in [0, 0.1) is 19.8 Å². The van der Waals surface area contributed by atoms with Crippen LogP contribution in [0.2, 0.25) is 0 Å². The van der Waals surface area contributed by atoms with Crippen LogP contribution in [0.3, 0.4) is 0 Å². The first-order valence-corrected chi connectivity index (χ1v) is 7.85. The van der Waals surface area contributed by atoms with Gasteiger partial charge in [-0.1, -0.05) is 30.5 Å². The average molecular weight is 272 g/mol. The van der Waals surface area contributed by atoms with Crippen molar-refractivity contribution >= 4 is 5.78 Å². The molecule has 0 radical (unpaired) electrons. The van der Waals surface area contributed by atoms with Crippen LogP contribution in [0.1, 0.15) is 60.0 Å². The van der Waals surface area contributed by atoms with E-state index >= 15 is 0 Å². The number of aryl methyl sites for hydroxylation is 2. The van der Waals surface area contributed by atoms with Crippen molar-refractivity contribution in [1.82, 2.24) is 0 Å². The highest BCUT2D eigenvalue weighted by molar-refractivity contribution is 5.99. The third-order valence-corrected chi connectivity index (χ3v) is 5.04. The summed E-state index contributed by atoms with van der Waals surface area (Å²) in [6, 6.07) is 6.19. The number of rotatable bonds is 2. The lowest BCUT2D eigenvalue weighted by atomic mass is 9.80. The van der Waals surface area contributed by atoms with Crippen molar-refractivity contribution in [2.24, 2.45) is 5.92 Å². The van der Waals surface area contributed by atoms with E-state index < -0.39 is 0 Å². The molecule has 2 nitrogen and oxygen atoms in total. The van der Waals surface area contributed by atoms with Gasteiger partial charge in [-0.3, -0.25) is 4.79 Å². The molecule has 1 aliphatic heterocycles. The maximum Gasteiger partial charge on any atom is 0.166 e. The van der Waals surface area contributed by atoms with Gasteiger partial charge in [-0.2, -0.15) is 0 Å². The van der Waals surface area contributed by atoms with E-state index in [4.69, 9.17) is 4.74 Å². The summed E-state index contributed by atoms with van der Waals surface area (Å²) in [4.78, 5) is 12.9. The first-order chi connectivity index (χ1) is 9.60. The monoisotopic (exact) mass is 272 g/mol. The zero-order valence-corrected chi connectivity index (χ0v) is 12.6. The van der Waals surface area contributed by atoms with Crippen LogP contribution in [-0.4, -0.2) is 18.0 Å². The topological polar surface area (TPSA) is 26.3 Å². The molecular weight excluding hydrogens is 248 g/mol. The summed E-state index contributed by atoms with van der Waals surface area (Å²) in [6.45, 7) is 4.84. The number of hydrogen-bond acceptors (Lipinski definition) is 2. The molecule has 1 atom stereocenters. The third-order valence-electron chi connectivity index (χ3n) is 5.04. The standard InChI is InChI=1S/C18H24O2/c1-13-5-6-14(2)16(11-13)17(19)15-7-10-20-18(12-15)8-3-4-9-18/h5-6,11,15H,3-4,7-10,12H2,1-2H3. The summed E-state index contributed by atoms with van der Waals surface area (Å²) >= 11 is 0. The van der Waals surface area contributed by atoms with E-state index in [1.807, 2.05) is 6.92 Å². The molecule has 1 unspecified atom stereocenters. The number of carbonyl (C=O) groups excluding carboxylic acids is 1. The maximum atomic E-state index is 12.9. The number of ether oxygens (including phenoxy) is 1. The van der Waals surface area contributed by atoms with E-state index in [0.717, 1.165) is 43.4 Å². The van der Waals surface area contributed by atoms with Gasteiger partial charge in [0.1, 0.15) is 0 Å². The van der Waals surface area contributed by atoms with Crippen molar-refractivity contribution in [2.45, 2.75) is 58.0 Å². The van der Waals surface area contributed by atoms with Gasteiger partial charge in [0.15, 0.2) is 5.78 Å². The molecule has 2 heteroatoms. The Bertz CT molecular complexity index is 512. The average Bonchev–Trinajstić information content (AvgIpc) is 2.88. The molecule has 0 N–H and O–H groups in total. The van der Waals surface area contributed by atoms with E-state index in [0.29, 0.717) is 5.78 Å². The molecule has 1 aromatic carbocycles. The second kappa shape index (κ2) is 5.33. The largest absolute Gasteiger partial charge is 0.375 e. The molecule has 1 heterocycles. The zero-order valence-electron chi connectivity index (χ0n) is 12.6. The minimum absolute atomic E-state index is 0.0241. The number of Topliss-reactive ketones (excluding diaryl/α,β-unsaturated/α-hetero) is 1. The summed E-state index contributed by atoms with van der Waals surface area (Å²) in [5, 5.41) is 0. The molecule has 0 aromatic heterocycles. The lowest BCUT2D eigenvalue weighted by Crippen LogP contribution is -2.39. The second-order valence-corrected chi connectivity index (χ2v) is 6.61. The van der Waals surface area contributed by atoms with Gasteiger partial charge in [-0.05, 0) is 51.2 Å². The summed E-state index contributed by atoms with van der Waals surface area (Å²) in [6.07, 6.45) is 6.61. The van der Waals surface area contributed by atoms with Crippen LogP contribution in [0.25, 0.3) is 0 Å². The Labute approximate surface area is 121 Å². The molecule has 3 rings (SSSR count). The summed E-state index contributed by atoms with van der Waals surface area (Å²) < 4.78 is 6.04. The molecule has 108 valence electrons. The zero-order chi connectivity index (χ0) is 14.2. The molecule has 1 aromatic rings. The molecule has 2 fully saturated rings. The second-order valence-electron chi connectivity index (χ2n) is 6.61. The normalized spacial score (nSPS) is 25.0. The highest BCUT2D eigenvalue weighted by atomic mass is 16.5. The Balaban J connectivity index is 1.81. The van der Waals surface area contributed by atoms with Crippen LogP contribution in [0.15, 0.2) is 18.2 Å². The highest BCUT2D eigenvalue weighted by Gasteiger charge is 2.42. The fourth-order valence-corrected chi connectivity index (χ4v) is 3.84. The van der Waals surface area contributed by atoms with Gasteiger partial charge in [-0.25, -0.2) is 0 Å². The molecular formula is C18H24O2. The molecule has 1 aliphatic carbocycles. The van der Waals surface area contributed by atoms with Crippen molar-refractivity contribution < 1.29 is 9.53 Å².